The van der Waals surface area contributed by atoms with E-state index in [1.807, 2.05) is 0 Å². The van der Waals surface area contributed by atoms with E-state index < -0.39 is 0 Å². The van der Waals surface area contributed by atoms with Gasteiger partial charge in [0.2, 0.25) is 0 Å². The molecule has 19 heavy (non-hydrogen) atoms. The minimum Gasteiger partial charge on any atom is -0.316 e. The fraction of sp³-hybridized carbons (Fsp3) is 1.00. The van der Waals surface area contributed by atoms with Gasteiger partial charge in [-0.25, -0.2) is 0 Å². The standard InChI is InChI=1S/C17H36N2/c1-7-10-18-13-17(6,8-2)14-19-11-9-15(12-19)16(3,4)5/h15,18H,7-14H2,1-6H3. The van der Waals surface area contributed by atoms with E-state index in [2.05, 4.69) is 51.8 Å². The Balaban J connectivity index is 2.44. The van der Waals surface area contributed by atoms with Crippen LogP contribution in [0, 0.1) is 16.7 Å². The van der Waals surface area contributed by atoms with Crippen molar-refractivity contribution in [2.45, 2.75) is 60.8 Å². The molecule has 114 valence electrons. The number of nitrogens with zero attached hydrogens (tertiary/aromatic N) is 1. The molecule has 1 N–H and O–H groups in total. The van der Waals surface area contributed by atoms with Gasteiger partial charge in [-0.05, 0) is 49.1 Å². The Kier molecular flexibility index (Phi) is 6.32. The lowest BCUT2D eigenvalue weighted by molar-refractivity contribution is 0.161. The minimum atomic E-state index is 0.432. The van der Waals surface area contributed by atoms with Gasteiger partial charge in [-0.1, -0.05) is 41.5 Å². The van der Waals surface area contributed by atoms with Crippen molar-refractivity contribution in [3.05, 3.63) is 0 Å². The molecule has 0 radical (unpaired) electrons. The summed E-state index contributed by atoms with van der Waals surface area (Å²) in [6.45, 7) is 20.4. The predicted molar refractivity (Wildman–Crippen MR) is 85.6 cm³/mol. The fourth-order valence-corrected chi connectivity index (χ4v) is 3.08. The molecule has 0 spiro atoms. The molecular formula is C17H36N2. The van der Waals surface area contributed by atoms with Crippen molar-refractivity contribution in [2.24, 2.45) is 16.7 Å². The molecular weight excluding hydrogens is 232 g/mol. The molecule has 1 aliphatic rings. The van der Waals surface area contributed by atoms with E-state index >= 15 is 0 Å². The van der Waals surface area contributed by atoms with Crippen molar-refractivity contribution >= 4 is 0 Å². The van der Waals surface area contributed by atoms with E-state index in [-0.39, 0.29) is 0 Å². The van der Waals surface area contributed by atoms with Gasteiger partial charge < -0.3 is 10.2 Å². The van der Waals surface area contributed by atoms with Crippen LogP contribution in [0.1, 0.15) is 60.8 Å². The molecule has 0 bridgehead atoms. The summed E-state index contributed by atoms with van der Waals surface area (Å²) in [5.74, 6) is 0.872. The lowest BCUT2D eigenvalue weighted by Gasteiger charge is -2.34. The zero-order valence-corrected chi connectivity index (χ0v) is 14.2. The summed E-state index contributed by atoms with van der Waals surface area (Å²) < 4.78 is 0. The number of hydrogen-bond acceptors (Lipinski definition) is 2. The molecule has 1 saturated heterocycles. The summed E-state index contributed by atoms with van der Waals surface area (Å²) in [5.41, 5.74) is 0.903. The van der Waals surface area contributed by atoms with Gasteiger partial charge in [-0.3, -0.25) is 0 Å². The number of nitrogens with one attached hydrogen (secondary N) is 1. The van der Waals surface area contributed by atoms with Crippen LogP contribution in [0.2, 0.25) is 0 Å². The maximum absolute atomic E-state index is 3.62. The molecule has 1 aliphatic heterocycles. The first-order valence-corrected chi connectivity index (χ1v) is 8.24. The average molecular weight is 268 g/mol. The molecule has 0 aromatic carbocycles. The highest BCUT2D eigenvalue weighted by molar-refractivity contribution is 4.88. The molecule has 0 amide bonds. The summed E-state index contributed by atoms with van der Waals surface area (Å²) in [6.07, 6.45) is 3.88. The molecule has 2 atom stereocenters. The third-order valence-electron chi connectivity index (χ3n) is 4.93. The van der Waals surface area contributed by atoms with E-state index in [4.69, 9.17) is 0 Å². The Morgan fingerprint density at radius 1 is 1.16 bits per heavy atom. The molecule has 1 fully saturated rings. The Hall–Kier alpha value is -0.0800. The lowest BCUT2D eigenvalue weighted by Crippen LogP contribution is -2.42. The Morgan fingerprint density at radius 2 is 1.84 bits per heavy atom. The van der Waals surface area contributed by atoms with Crippen molar-refractivity contribution < 1.29 is 0 Å². The predicted octanol–water partition coefficient (Wildman–Crippen LogP) is 3.77. The first-order valence-electron chi connectivity index (χ1n) is 8.24. The first-order chi connectivity index (χ1) is 8.80. The molecule has 0 aliphatic carbocycles. The van der Waals surface area contributed by atoms with E-state index in [0.29, 0.717) is 10.8 Å². The van der Waals surface area contributed by atoms with Crippen molar-refractivity contribution in [1.82, 2.24) is 10.2 Å². The van der Waals surface area contributed by atoms with E-state index in [1.165, 1.54) is 38.9 Å². The summed E-state index contributed by atoms with van der Waals surface area (Å²) >= 11 is 0. The summed E-state index contributed by atoms with van der Waals surface area (Å²) in [5, 5.41) is 3.62. The van der Waals surface area contributed by atoms with Crippen LogP contribution in [0.3, 0.4) is 0 Å². The average Bonchev–Trinajstić information content (AvgIpc) is 2.77. The maximum atomic E-state index is 3.62. The van der Waals surface area contributed by atoms with Crippen molar-refractivity contribution in [1.29, 1.82) is 0 Å². The Morgan fingerprint density at radius 3 is 2.32 bits per heavy atom. The molecule has 0 aromatic heterocycles. The van der Waals surface area contributed by atoms with Gasteiger partial charge >= 0.3 is 0 Å². The Bertz CT molecular complexity index is 256. The van der Waals surface area contributed by atoms with E-state index in [9.17, 15) is 0 Å². The first kappa shape index (κ1) is 17.0. The molecule has 2 heteroatoms. The molecule has 1 heterocycles. The normalized spacial score (nSPS) is 24.6. The Labute approximate surface area is 121 Å². The van der Waals surface area contributed by atoms with Crippen LogP contribution in [-0.4, -0.2) is 37.6 Å². The van der Waals surface area contributed by atoms with E-state index in [1.54, 1.807) is 0 Å². The highest BCUT2D eigenvalue weighted by Gasteiger charge is 2.34. The monoisotopic (exact) mass is 268 g/mol. The van der Waals surface area contributed by atoms with Crippen molar-refractivity contribution in [2.75, 3.05) is 32.7 Å². The van der Waals surface area contributed by atoms with Crippen LogP contribution in [0.5, 0.6) is 0 Å². The second-order valence-corrected chi connectivity index (χ2v) is 7.93. The van der Waals surface area contributed by atoms with Crippen LogP contribution in [-0.2, 0) is 0 Å². The van der Waals surface area contributed by atoms with Gasteiger partial charge in [0.05, 0.1) is 0 Å². The van der Waals surface area contributed by atoms with Crippen LogP contribution < -0.4 is 5.32 Å². The minimum absolute atomic E-state index is 0.432. The highest BCUT2D eigenvalue weighted by atomic mass is 15.2. The van der Waals surface area contributed by atoms with Gasteiger partial charge in [0, 0.05) is 19.6 Å². The zero-order chi connectivity index (χ0) is 14.5. The van der Waals surface area contributed by atoms with E-state index in [0.717, 1.165) is 19.0 Å². The highest BCUT2D eigenvalue weighted by Crippen LogP contribution is 2.35. The summed E-state index contributed by atoms with van der Waals surface area (Å²) in [7, 11) is 0. The summed E-state index contributed by atoms with van der Waals surface area (Å²) in [6, 6.07) is 0. The zero-order valence-electron chi connectivity index (χ0n) is 14.2. The summed E-state index contributed by atoms with van der Waals surface area (Å²) in [4.78, 5) is 2.70. The third kappa shape index (κ3) is 5.43. The number of likely N-dealkylation sites (tertiary alicyclic amines) is 1. The second-order valence-electron chi connectivity index (χ2n) is 7.93. The van der Waals surface area contributed by atoms with Crippen LogP contribution in [0.4, 0.5) is 0 Å². The van der Waals surface area contributed by atoms with Crippen LogP contribution >= 0.6 is 0 Å². The third-order valence-corrected chi connectivity index (χ3v) is 4.93. The molecule has 0 aromatic rings. The lowest BCUT2D eigenvalue weighted by atomic mass is 9.80. The molecule has 1 rings (SSSR count). The van der Waals surface area contributed by atoms with Gasteiger partial charge in [0.15, 0.2) is 0 Å². The molecule has 2 nitrogen and oxygen atoms in total. The van der Waals surface area contributed by atoms with Gasteiger partial charge in [0.1, 0.15) is 0 Å². The molecule has 0 saturated carbocycles. The van der Waals surface area contributed by atoms with Crippen molar-refractivity contribution in [3.63, 3.8) is 0 Å². The van der Waals surface area contributed by atoms with Crippen molar-refractivity contribution in [3.8, 4) is 0 Å². The van der Waals surface area contributed by atoms with Gasteiger partial charge in [0.25, 0.3) is 0 Å². The number of rotatable bonds is 7. The maximum Gasteiger partial charge on any atom is 0.00475 e. The molecule has 2 unspecified atom stereocenters. The number of hydrogen-bond donors (Lipinski definition) is 1. The smallest absolute Gasteiger partial charge is 0.00475 e. The quantitative estimate of drug-likeness (QED) is 0.707. The van der Waals surface area contributed by atoms with Gasteiger partial charge in [-0.2, -0.15) is 0 Å². The van der Waals surface area contributed by atoms with Crippen LogP contribution in [0.15, 0.2) is 0 Å². The second kappa shape index (κ2) is 7.08. The fourth-order valence-electron chi connectivity index (χ4n) is 3.08. The largest absolute Gasteiger partial charge is 0.316 e. The van der Waals surface area contributed by atoms with Crippen LogP contribution in [0.25, 0.3) is 0 Å². The van der Waals surface area contributed by atoms with Gasteiger partial charge in [-0.15, -0.1) is 0 Å². The SMILES string of the molecule is CCCNCC(C)(CC)CN1CCC(C(C)(C)C)C1. The topological polar surface area (TPSA) is 15.3 Å².